The number of rotatable bonds is 5. The Morgan fingerprint density at radius 1 is 1.35 bits per heavy atom. The lowest BCUT2D eigenvalue weighted by molar-refractivity contribution is -0.134. The third-order valence-electron chi connectivity index (χ3n) is 3.88. The predicted octanol–water partition coefficient (Wildman–Crippen LogP) is 2.34. The first-order valence-corrected chi connectivity index (χ1v) is 7.04. The van der Waals surface area contributed by atoms with E-state index in [4.69, 9.17) is 10.6 Å². The van der Waals surface area contributed by atoms with Gasteiger partial charge in [0.15, 0.2) is 6.10 Å². The molecule has 3 unspecified atom stereocenters. The van der Waals surface area contributed by atoms with Crippen molar-refractivity contribution in [1.82, 2.24) is 5.43 Å². The van der Waals surface area contributed by atoms with Gasteiger partial charge >= 0.3 is 0 Å². The lowest BCUT2D eigenvalue weighted by Crippen LogP contribution is -2.36. The van der Waals surface area contributed by atoms with Crippen molar-refractivity contribution >= 4 is 5.91 Å². The average molecular weight is 274 g/mol. The molecule has 2 rings (SSSR count). The van der Waals surface area contributed by atoms with Gasteiger partial charge in [-0.05, 0) is 30.2 Å². The number of nitrogens with one attached hydrogen (secondary N) is 1. The maximum absolute atomic E-state index is 11.9. The Hall–Kier alpha value is -1.65. The van der Waals surface area contributed by atoms with E-state index >= 15 is 0 Å². The van der Waals surface area contributed by atoms with E-state index in [0.29, 0.717) is 18.4 Å². The fraction of sp³-hybridized carbons (Fsp3) is 0.438. The number of hydrogen-bond acceptors (Lipinski definition) is 3. The zero-order valence-electron chi connectivity index (χ0n) is 11.8. The monoisotopic (exact) mass is 274 g/mol. The van der Waals surface area contributed by atoms with Crippen LogP contribution in [0.3, 0.4) is 0 Å². The zero-order valence-corrected chi connectivity index (χ0v) is 11.8. The molecule has 0 saturated heterocycles. The quantitative estimate of drug-likeness (QED) is 0.375. The second kappa shape index (κ2) is 7.22. The molecule has 1 aromatic rings. The number of carbonyl (C=O) groups excluding carboxylic acids is 1. The minimum absolute atomic E-state index is 0.310. The van der Waals surface area contributed by atoms with Crippen molar-refractivity contribution in [2.45, 2.75) is 25.9 Å². The highest BCUT2D eigenvalue weighted by Crippen LogP contribution is 2.27. The van der Waals surface area contributed by atoms with Crippen molar-refractivity contribution in [3.05, 3.63) is 48.0 Å². The van der Waals surface area contributed by atoms with Crippen LogP contribution >= 0.6 is 0 Å². The van der Waals surface area contributed by atoms with Crippen LogP contribution in [0, 0.1) is 11.8 Å². The Morgan fingerprint density at radius 2 is 2.05 bits per heavy atom. The first-order chi connectivity index (χ1) is 9.72. The van der Waals surface area contributed by atoms with Crippen LogP contribution in [0.5, 0.6) is 0 Å². The van der Waals surface area contributed by atoms with Crippen LogP contribution < -0.4 is 11.3 Å². The molecule has 0 bridgehead atoms. The fourth-order valence-electron chi connectivity index (χ4n) is 2.49. The predicted molar refractivity (Wildman–Crippen MR) is 78.5 cm³/mol. The normalized spacial score (nSPS) is 23.3. The minimum Gasteiger partial charge on any atom is -0.363 e. The van der Waals surface area contributed by atoms with E-state index in [9.17, 15) is 4.79 Å². The Kier molecular flexibility index (Phi) is 5.32. The molecule has 4 nitrogen and oxygen atoms in total. The molecule has 0 spiro atoms. The number of ether oxygens (including phenoxy) is 1. The van der Waals surface area contributed by atoms with Gasteiger partial charge < -0.3 is 4.74 Å². The molecule has 1 aromatic carbocycles. The highest BCUT2D eigenvalue weighted by Gasteiger charge is 2.24. The summed E-state index contributed by atoms with van der Waals surface area (Å²) in [5, 5.41) is 0. The topological polar surface area (TPSA) is 64.3 Å². The third-order valence-corrected chi connectivity index (χ3v) is 3.88. The SMILES string of the molecule is CC1CC=CCC1COC(C(=O)NN)c1ccccc1. The number of benzene rings is 1. The first kappa shape index (κ1) is 14.8. The molecular formula is C16H22N2O2. The molecule has 0 fully saturated rings. The molecule has 20 heavy (non-hydrogen) atoms. The molecule has 1 amide bonds. The average Bonchev–Trinajstić information content (AvgIpc) is 2.50. The van der Waals surface area contributed by atoms with Gasteiger partial charge in [0.05, 0.1) is 6.61 Å². The molecule has 108 valence electrons. The number of amides is 1. The van der Waals surface area contributed by atoms with Gasteiger partial charge in [0.25, 0.3) is 5.91 Å². The summed E-state index contributed by atoms with van der Waals surface area (Å²) in [5.41, 5.74) is 3.01. The van der Waals surface area contributed by atoms with Crippen molar-refractivity contribution in [2.75, 3.05) is 6.61 Å². The molecule has 0 aromatic heterocycles. The second-order valence-corrected chi connectivity index (χ2v) is 5.31. The molecule has 0 heterocycles. The number of nitrogens with two attached hydrogens (primary N) is 1. The highest BCUT2D eigenvalue weighted by atomic mass is 16.5. The van der Waals surface area contributed by atoms with Crippen molar-refractivity contribution in [1.29, 1.82) is 0 Å². The molecule has 3 atom stereocenters. The van der Waals surface area contributed by atoms with Gasteiger partial charge in [-0.15, -0.1) is 0 Å². The van der Waals surface area contributed by atoms with Crippen LogP contribution in [-0.4, -0.2) is 12.5 Å². The molecular weight excluding hydrogens is 252 g/mol. The molecule has 0 aliphatic heterocycles. The highest BCUT2D eigenvalue weighted by molar-refractivity contribution is 5.81. The summed E-state index contributed by atoms with van der Waals surface area (Å²) in [6.45, 7) is 2.79. The van der Waals surface area contributed by atoms with Gasteiger partial charge in [-0.3, -0.25) is 10.2 Å². The summed E-state index contributed by atoms with van der Waals surface area (Å²) >= 11 is 0. The molecule has 3 N–H and O–H groups in total. The Labute approximate surface area is 120 Å². The van der Waals surface area contributed by atoms with Crippen LogP contribution in [0.2, 0.25) is 0 Å². The molecule has 4 heteroatoms. The second-order valence-electron chi connectivity index (χ2n) is 5.31. The van der Waals surface area contributed by atoms with Gasteiger partial charge in [0, 0.05) is 0 Å². The van der Waals surface area contributed by atoms with Crippen LogP contribution in [0.4, 0.5) is 0 Å². The van der Waals surface area contributed by atoms with E-state index in [1.807, 2.05) is 30.3 Å². The summed E-state index contributed by atoms with van der Waals surface area (Å²) in [6, 6.07) is 9.45. The summed E-state index contributed by atoms with van der Waals surface area (Å²) in [4.78, 5) is 11.9. The number of allylic oxidation sites excluding steroid dienone is 2. The van der Waals surface area contributed by atoms with Crippen molar-refractivity contribution in [3.8, 4) is 0 Å². The molecule has 0 saturated carbocycles. The summed E-state index contributed by atoms with van der Waals surface area (Å²) in [7, 11) is 0. The number of carbonyl (C=O) groups is 1. The molecule has 0 radical (unpaired) electrons. The van der Waals surface area contributed by atoms with Crippen LogP contribution in [-0.2, 0) is 9.53 Å². The van der Waals surface area contributed by atoms with E-state index in [1.165, 1.54) is 0 Å². The maximum atomic E-state index is 11.9. The van der Waals surface area contributed by atoms with Gasteiger partial charge in [-0.2, -0.15) is 0 Å². The lowest BCUT2D eigenvalue weighted by Gasteiger charge is -2.27. The zero-order chi connectivity index (χ0) is 14.4. The van der Waals surface area contributed by atoms with E-state index in [1.54, 1.807) is 0 Å². The summed E-state index contributed by atoms with van der Waals surface area (Å²) in [6.07, 6.45) is 5.84. The van der Waals surface area contributed by atoms with Gasteiger partial charge in [-0.1, -0.05) is 49.4 Å². The maximum Gasteiger partial charge on any atom is 0.267 e. The largest absolute Gasteiger partial charge is 0.363 e. The van der Waals surface area contributed by atoms with Crippen LogP contribution in [0.1, 0.15) is 31.4 Å². The van der Waals surface area contributed by atoms with E-state index < -0.39 is 6.10 Å². The fourth-order valence-corrected chi connectivity index (χ4v) is 2.49. The van der Waals surface area contributed by atoms with Gasteiger partial charge in [-0.25, -0.2) is 5.84 Å². The third kappa shape index (κ3) is 3.68. The van der Waals surface area contributed by atoms with Gasteiger partial charge in [0.1, 0.15) is 0 Å². The van der Waals surface area contributed by atoms with Crippen molar-refractivity contribution < 1.29 is 9.53 Å². The lowest BCUT2D eigenvalue weighted by atomic mass is 9.85. The number of hydrazine groups is 1. The smallest absolute Gasteiger partial charge is 0.267 e. The van der Waals surface area contributed by atoms with Crippen molar-refractivity contribution in [2.24, 2.45) is 17.7 Å². The van der Waals surface area contributed by atoms with E-state index in [0.717, 1.165) is 18.4 Å². The van der Waals surface area contributed by atoms with Gasteiger partial charge in [0.2, 0.25) is 0 Å². The summed E-state index contributed by atoms with van der Waals surface area (Å²) < 4.78 is 5.86. The van der Waals surface area contributed by atoms with Crippen molar-refractivity contribution in [3.63, 3.8) is 0 Å². The van der Waals surface area contributed by atoms with Crippen LogP contribution in [0.25, 0.3) is 0 Å². The van der Waals surface area contributed by atoms with E-state index in [-0.39, 0.29) is 5.91 Å². The van der Waals surface area contributed by atoms with Crippen LogP contribution in [0.15, 0.2) is 42.5 Å². The van der Waals surface area contributed by atoms with E-state index in [2.05, 4.69) is 24.5 Å². The molecule has 1 aliphatic rings. The Bertz CT molecular complexity index is 459. The summed E-state index contributed by atoms with van der Waals surface area (Å²) in [5.74, 6) is 5.98. The minimum atomic E-state index is -0.640. The standard InChI is InChI=1S/C16H22N2O2/c1-12-7-5-6-10-14(12)11-20-15(16(19)18-17)13-8-3-2-4-9-13/h2-6,8-9,12,14-15H,7,10-11,17H2,1H3,(H,18,19). The first-order valence-electron chi connectivity index (χ1n) is 7.04. The Balaban J connectivity index is 2.02. The molecule has 1 aliphatic carbocycles. The number of hydrogen-bond donors (Lipinski definition) is 2. The Morgan fingerprint density at radius 3 is 2.70 bits per heavy atom.